The molecule has 1 aromatic carbocycles. The third-order valence-electron chi connectivity index (χ3n) is 4.70. The number of amides is 1. The summed E-state index contributed by atoms with van der Waals surface area (Å²) >= 11 is 7.52. The van der Waals surface area contributed by atoms with Crippen LogP contribution in [0.25, 0.3) is 0 Å². The van der Waals surface area contributed by atoms with Gasteiger partial charge in [0.25, 0.3) is 5.91 Å². The van der Waals surface area contributed by atoms with Crippen LogP contribution >= 0.6 is 22.9 Å². The molecule has 1 amide bonds. The number of carbonyl (C=O) groups is 2. The number of fused-ring (bicyclic) bond motifs is 1. The number of hydrogen-bond donors (Lipinski definition) is 1. The maximum Gasteiger partial charge on any atom is 0.341 e. The number of rotatable bonds is 6. The van der Waals surface area contributed by atoms with Crippen LogP contribution in [0.3, 0.4) is 0 Å². The fourth-order valence-electron chi connectivity index (χ4n) is 3.34. The minimum Gasteiger partial charge on any atom is -0.496 e. The highest BCUT2D eigenvalue weighted by atomic mass is 35.5. The lowest BCUT2D eigenvalue weighted by atomic mass is 10.1. The summed E-state index contributed by atoms with van der Waals surface area (Å²) in [5.74, 6) is -0.301. The molecule has 0 saturated heterocycles. The molecule has 0 aliphatic heterocycles. The van der Waals surface area contributed by atoms with Crippen molar-refractivity contribution in [3.63, 3.8) is 0 Å². The van der Waals surface area contributed by atoms with Crippen LogP contribution in [-0.2, 0) is 17.6 Å². The zero-order valence-corrected chi connectivity index (χ0v) is 17.7. The Morgan fingerprint density at radius 1 is 1.21 bits per heavy atom. The van der Waals surface area contributed by atoms with E-state index in [1.165, 1.54) is 18.4 Å². The minimum absolute atomic E-state index is 0.325. The number of thiophene rings is 1. The van der Waals surface area contributed by atoms with Crippen molar-refractivity contribution in [1.82, 2.24) is 0 Å². The molecule has 0 radical (unpaired) electrons. The monoisotopic (exact) mass is 421 g/mol. The molecule has 0 unspecified atom stereocenters. The van der Waals surface area contributed by atoms with E-state index in [1.807, 2.05) is 6.92 Å². The Hall–Kier alpha value is -2.05. The zero-order valence-electron chi connectivity index (χ0n) is 16.1. The standard InChI is InChI=1S/C21H24ClNO4S/c1-3-11-27-21(25)18-14-7-5-4-6-8-17(14)28-20(18)23-19(24)15-12-13(22)9-10-16(15)26-2/h9-10,12H,3-8,11H2,1-2H3,(H,23,24). The van der Waals surface area contributed by atoms with E-state index in [9.17, 15) is 9.59 Å². The van der Waals surface area contributed by atoms with Gasteiger partial charge in [-0.05, 0) is 55.9 Å². The molecule has 7 heteroatoms. The molecule has 1 aliphatic rings. The first kappa shape index (κ1) is 20.7. The molecule has 0 atom stereocenters. The smallest absolute Gasteiger partial charge is 0.341 e. The number of methoxy groups -OCH3 is 1. The summed E-state index contributed by atoms with van der Waals surface area (Å²) in [5, 5.41) is 3.89. The van der Waals surface area contributed by atoms with E-state index in [1.54, 1.807) is 18.2 Å². The van der Waals surface area contributed by atoms with Crippen LogP contribution in [0.15, 0.2) is 18.2 Å². The molecule has 0 bridgehead atoms. The minimum atomic E-state index is -0.366. The molecule has 2 aromatic rings. The largest absolute Gasteiger partial charge is 0.496 e. The molecular weight excluding hydrogens is 398 g/mol. The summed E-state index contributed by atoms with van der Waals surface area (Å²) in [6.07, 6.45) is 5.77. The van der Waals surface area contributed by atoms with Gasteiger partial charge in [0.2, 0.25) is 0 Å². The van der Waals surface area contributed by atoms with Gasteiger partial charge >= 0.3 is 5.97 Å². The Labute approximate surface area is 174 Å². The Morgan fingerprint density at radius 2 is 2.00 bits per heavy atom. The number of aryl methyl sites for hydroxylation is 1. The van der Waals surface area contributed by atoms with Gasteiger partial charge in [-0.15, -0.1) is 11.3 Å². The van der Waals surface area contributed by atoms with Gasteiger partial charge in [0.1, 0.15) is 10.8 Å². The summed E-state index contributed by atoms with van der Waals surface area (Å²) in [5.41, 5.74) is 1.85. The average molecular weight is 422 g/mol. The summed E-state index contributed by atoms with van der Waals surface area (Å²) in [7, 11) is 1.50. The zero-order chi connectivity index (χ0) is 20.1. The van der Waals surface area contributed by atoms with Gasteiger partial charge in [-0.3, -0.25) is 4.79 Å². The lowest BCUT2D eigenvalue weighted by Gasteiger charge is -2.11. The lowest BCUT2D eigenvalue weighted by molar-refractivity contribution is 0.0505. The van der Waals surface area contributed by atoms with E-state index in [-0.39, 0.29) is 11.9 Å². The number of hydrogen-bond acceptors (Lipinski definition) is 5. The Morgan fingerprint density at radius 3 is 2.75 bits per heavy atom. The van der Waals surface area contributed by atoms with Crippen LogP contribution in [0.5, 0.6) is 5.75 Å². The third kappa shape index (κ3) is 4.50. The van der Waals surface area contributed by atoms with Crippen molar-refractivity contribution in [2.75, 3.05) is 19.0 Å². The second-order valence-corrected chi connectivity index (χ2v) is 8.24. The Kier molecular flexibility index (Phi) is 6.97. The summed E-state index contributed by atoms with van der Waals surface area (Å²) in [6.45, 7) is 2.31. The summed E-state index contributed by atoms with van der Waals surface area (Å²) < 4.78 is 10.7. The van der Waals surface area contributed by atoms with Gasteiger partial charge in [0, 0.05) is 9.90 Å². The number of carbonyl (C=O) groups excluding carboxylic acids is 2. The van der Waals surface area contributed by atoms with Gasteiger partial charge < -0.3 is 14.8 Å². The molecule has 1 N–H and O–H groups in total. The average Bonchev–Trinajstić information content (AvgIpc) is 2.86. The SMILES string of the molecule is CCCOC(=O)c1c(NC(=O)c2cc(Cl)ccc2OC)sc2c1CCCCC2. The maximum absolute atomic E-state index is 12.9. The van der Waals surface area contributed by atoms with Gasteiger partial charge in [0.05, 0.1) is 24.8 Å². The number of halogens is 1. The van der Waals surface area contributed by atoms with E-state index in [4.69, 9.17) is 21.1 Å². The van der Waals surface area contributed by atoms with Crippen LogP contribution < -0.4 is 10.1 Å². The number of benzene rings is 1. The van der Waals surface area contributed by atoms with Crippen molar-refractivity contribution in [3.05, 3.63) is 44.8 Å². The molecule has 1 heterocycles. The first-order valence-corrected chi connectivity index (χ1v) is 10.7. The fourth-order valence-corrected chi connectivity index (χ4v) is 4.79. The molecule has 0 fully saturated rings. The van der Waals surface area contributed by atoms with E-state index in [0.29, 0.717) is 33.5 Å². The molecular formula is C21H24ClNO4S. The number of ether oxygens (including phenoxy) is 2. The molecule has 0 spiro atoms. The highest BCUT2D eigenvalue weighted by molar-refractivity contribution is 7.17. The highest BCUT2D eigenvalue weighted by Crippen LogP contribution is 2.38. The predicted molar refractivity (Wildman–Crippen MR) is 112 cm³/mol. The Bertz CT molecular complexity index is 878. The van der Waals surface area contributed by atoms with Crippen LogP contribution in [0.2, 0.25) is 5.02 Å². The third-order valence-corrected chi connectivity index (χ3v) is 6.14. The van der Waals surface area contributed by atoms with Crippen molar-refractivity contribution < 1.29 is 19.1 Å². The van der Waals surface area contributed by atoms with E-state index < -0.39 is 0 Å². The van der Waals surface area contributed by atoms with Crippen molar-refractivity contribution in [1.29, 1.82) is 0 Å². The molecule has 28 heavy (non-hydrogen) atoms. The number of nitrogens with one attached hydrogen (secondary N) is 1. The second kappa shape index (κ2) is 9.43. The molecule has 1 aromatic heterocycles. The van der Waals surface area contributed by atoms with Gasteiger partial charge in [-0.2, -0.15) is 0 Å². The van der Waals surface area contributed by atoms with Crippen LogP contribution in [0.4, 0.5) is 5.00 Å². The van der Waals surface area contributed by atoms with Crippen molar-refractivity contribution in [2.24, 2.45) is 0 Å². The first-order chi connectivity index (χ1) is 13.5. The van der Waals surface area contributed by atoms with Gasteiger partial charge in [0.15, 0.2) is 0 Å². The first-order valence-electron chi connectivity index (χ1n) is 9.51. The van der Waals surface area contributed by atoms with Crippen LogP contribution in [-0.4, -0.2) is 25.6 Å². The number of esters is 1. The fraction of sp³-hybridized carbons (Fsp3) is 0.429. The molecule has 5 nitrogen and oxygen atoms in total. The van der Waals surface area contributed by atoms with E-state index >= 15 is 0 Å². The molecule has 150 valence electrons. The van der Waals surface area contributed by atoms with E-state index in [0.717, 1.165) is 49.0 Å². The lowest BCUT2D eigenvalue weighted by Crippen LogP contribution is -2.16. The van der Waals surface area contributed by atoms with Crippen LogP contribution in [0, 0.1) is 0 Å². The van der Waals surface area contributed by atoms with Gasteiger partial charge in [-0.25, -0.2) is 4.79 Å². The Balaban J connectivity index is 1.96. The summed E-state index contributed by atoms with van der Waals surface area (Å²) in [6, 6.07) is 4.87. The van der Waals surface area contributed by atoms with Gasteiger partial charge in [-0.1, -0.05) is 24.9 Å². The van der Waals surface area contributed by atoms with Crippen LogP contribution in [0.1, 0.15) is 63.8 Å². The topological polar surface area (TPSA) is 64.6 Å². The van der Waals surface area contributed by atoms with Crippen molar-refractivity contribution in [2.45, 2.75) is 45.4 Å². The predicted octanol–water partition coefficient (Wildman–Crippen LogP) is 5.50. The highest BCUT2D eigenvalue weighted by Gasteiger charge is 2.27. The molecule has 0 saturated carbocycles. The maximum atomic E-state index is 12.9. The quantitative estimate of drug-likeness (QED) is 0.494. The van der Waals surface area contributed by atoms with Crippen molar-refractivity contribution >= 4 is 39.8 Å². The van der Waals surface area contributed by atoms with Crippen molar-refractivity contribution in [3.8, 4) is 5.75 Å². The van der Waals surface area contributed by atoms with E-state index in [2.05, 4.69) is 5.32 Å². The normalized spacial score (nSPS) is 13.4. The molecule has 3 rings (SSSR count). The molecule has 1 aliphatic carbocycles. The second-order valence-electron chi connectivity index (χ2n) is 6.70. The summed E-state index contributed by atoms with van der Waals surface area (Å²) in [4.78, 5) is 26.8. The number of anilines is 1.